The molecule has 2 N–H and O–H groups in total. The van der Waals surface area contributed by atoms with Crippen LogP contribution in [0.15, 0.2) is 29.3 Å². The lowest BCUT2D eigenvalue weighted by atomic mass is 10.0. The molecule has 0 aromatic heterocycles. The van der Waals surface area contributed by atoms with Crippen molar-refractivity contribution in [1.29, 1.82) is 0 Å². The smallest absolute Gasteiger partial charge is 0.191 e. The molecule has 7 heteroatoms. The van der Waals surface area contributed by atoms with Crippen molar-refractivity contribution in [3.8, 4) is 0 Å². The molecule has 3 rings (SSSR count). The van der Waals surface area contributed by atoms with Gasteiger partial charge in [-0.15, -0.1) is 0 Å². The highest BCUT2D eigenvalue weighted by Crippen LogP contribution is 2.25. The number of hydrogen-bond acceptors (Lipinski definition) is 4. The summed E-state index contributed by atoms with van der Waals surface area (Å²) in [4.78, 5) is 6.81. The minimum atomic E-state index is -2.89. The van der Waals surface area contributed by atoms with Gasteiger partial charge in [0.15, 0.2) is 15.8 Å². The van der Waals surface area contributed by atoms with Crippen molar-refractivity contribution in [3.63, 3.8) is 0 Å². The molecule has 1 aromatic rings. The molecule has 2 fully saturated rings. The van der Waals surface area contributed by atoms with Gasteiger partial charge >= 0.3 is 0 Å². The Bertz CT molecular complexity index is 724. The van der Waals surface area contributed by atoms with Crippen molar-refractivity contribution in [3.05, 3.63) is 35.4 Å². The number of rotatable bonds is 5. The first-order valence-corrected chi connectivity index (χ1v) is 11.3. The minimum Gasteiger partial charge on any atom is -0.354 e. The highest BCUT2D eigenvalue weighted by atomic mass is 32.2. The fourth-order valence-electron chi connectivity index (χ4n) is 3.79. The molecule has 0 amide bonds. The molecule has 2 atom stereocenters. The van der Waals surface area contributed by atoms with Gasteiger partial charge in [0, 0.05) is 19.6 Å². The maximum Gasteiger partial charge on any atom is 0.191 e. The first-order valence-electron chi connectivity index (χ1n) is 9.45. The third kappa shape index (κ3) is 4.98. The monoisotopic (exact) mass is 378 g/mol. The summed E-state index contributed by atoms with van der Waals surface area (Å²) in [6.07, 6.45) is 3.14. The van der Waals surface area contributed by atoms with Crippen molar-refractivity contribution in [2.24, 2.45) is 4.99 Å². The van der Waals surface area contributed by atoms with Gasteiger partial charge in [0.05, 0.1) is 17.5 Å². The summed E-state index contributed by atoms with van der Waals surface area (Å²) in [5.41, 5.74) is 2.57. The summed E-state index contributed by atoms with van der Waals surface area (Å²) in [6, 6.07) is 8.99. The Morgan fingerprint density at radius 2 is 1.96 bits per heavy atom. The van der Waals surface area contributed by atoms with E-state index < -0.39 is 9.84 Å². The van der Waals surface area contributed by atoms with Gasteiger partial charge in [0.2, 0.25) is 0 Å². The Morgan fingerprint density at radius 1 is 1.27 bits per heavy atom. The van der Waals surface area contributed by atoms with E-state index in [1.807, 2.05) is 0 Å². The fraction of sp³-hybridized carbons (Fsp3) is 0.632. The van der Waals surface area contributed by atoms with Crippen LogP contribution in [-0.4, -0.2) is 63.5 Å². The Balaban J connectivity index is 1.63. The molecule has 0 spiro atoms. The largest absolute Gasteiger partial charge is 0.354 e. The zero-order chi connectivity index (χ0) is 18.6. The molecule has 6 nitrogen and oxygen atoms in total. The Labute approximate surface area is 157 Å². The SMILES string of the molecule is CN=C(NCC(c1ccc(C)cc1)N1CCCC1)NC1CCS(=O)(=O)C1. The summed E-state index contributed by atoms with van der Waals surface area (Å²) >= 11 is 0. The van der Waals surface area contributed by atoms with E-state index in [1.165, 1.54) is 24.0 Å². The second-order valence-electron chi connectivity index (χ2n) is 7.37. The van der Waals surface area contributed by atoms with Crippen LogP contribution < -0.4 is 10.6 Å². The van der Waals surface area contributed by atoms with Crippen LogP contribution in [0.2, 0.25) is 0 Å². The lowest BCUT2D eigenvalue weighted by Gasteiger charge is -2.29. The van der Waals surface area contributed by atoms with E-state index in [0.717, 1.165) is 19.6 Å². The number of aryl methyl sites for hydroxylation is 1. The van der Waals surface area contributed by atoms with Crippen molar-refractivity contribution >= 4 is 15.8 Å². The van der Waals surface area contributed by atoms with Crippen molar-refractivity contribution < 1.29 is 8.42 Å². The van der Waals surface area contributed by atoms with E-state index in [2.05, 4.69) is 51.7 Å². The van der Waals surface area contributed by atoms with Gasteiger partial charge in [-0.25, -0.2) is 8.42 Å². The van der Waals surface area contributed by atoms with E-state index in [9.17, 15) is 8.42 Å². The van der Waals surface area contributed by atoms with E-state index in [4.69, 9.17) is 0 Å². The van der Waals surface area contributed by atoms with E-state index >= 15 is 0 Å². The third-order valence-electron chi connectivity index (χ3n) is 5.30. The Morgan fingerprint density at radius 3 is 2.54 bits per heavy atom. The number of benzene rings is 1. The van der Waals surface area contributed by atoms with E-state index in [-0.39, 0.29) is 17.5 Å². The normalized spacial score (nSPS) is 24.5. The summed E-state index contributed by atoms with van der Waals surface area (Å²) in [5.74, 6) is 1.14. The molecular formula is C19H30N4O2S. The molecule has 2 saturated heterocycles. The number of sulfone groups is 1. The summed E-state index contributed by atoms with van der Waals surface area (Å²) in [5, 5.41) is 6.69. The van der Waals surface area contributed by atoms with Gasteiger partial charge in [-0.1, -0.05) is 29.8 Å². The first kappa shape index (κ1) is 19.2. The van der Waals surface area contributed by atoms with Crippen molar-refractivity contribution in [1.82, 2.24) is 15.5 Å². The lowest BCUT2D eigenvalue weighted by molar-refractivity contribution is 0.245. The zero-order valence-electron chi connectivity index (χ0n) is 15.7. The van der Waals surface area contributed by atoms with Crippen LogP contribution in [0.1, 0.15) is 36.4 Å². The predicted molar refractivity (Wildman–Crippen MR) is 106 cm³/mol. The van der Waals surface area contributed by atoms with Gasteiger partial charge in [-0.3, -0.25) is 9.89 Å². The number of nitrogens with zero attached hydrogens (tertiary/aromatic N) is 2. The second-order valence-corrected chi connectivity index (χ2v) is 9.60. The quantitative estimate of drug-likeness (QED) is 0.600. The topological polar surface area (TPSA) is 73.8 Å². The standard InChI is InChI=1S/C19H30N4O2S/c1-15-5-7-16(8-6-15)18(23-10-3-4-11-23)13-21-19(20-2)22-17-9-12-26(24,25)14-17/h5-8,17-18H,3-4,9-14H2,1-2H3,(H2,20,21,22). The third-order valence-corrected chi connectivity index (χ3v) is 7.07. The molecule has 26 heavy (non-hydrogen) atoms. The highest BCUT2D eigenvalue weighted by Gasteiger charge is 2.29. The van der Waals surface area contributed by atoms with Gasteiger partial charge in [0.25, 0.3) is 0 Å². The molecule has 144 valence electrons. The Hall–Kier alpha value is -1.60. The van der Waals surface area contributed by atoms with Crippen LogP contribution >= 0.6 is 0 Å². The molecule has 0 radical (unpaired) electrons. The average molecular weight is 379 g/mol. The van der Waals surface area contributed by atoms with Crippen molar-refractivity contribution in [2.45, 2.75) is 38.3 Å². The van der Waals surface area contributed by atoms with Gasteiger partial charge in [-0.2, -0.15) is 0 Å². The molecule has 2 aliphatic heterocycles. The summed E-state index contributed by atoms with van der Waals surface area (Å²) < 4.78 is 23.3. The number of aliphatic imine (C=N–C) groups is 1. The molecule has 2 heterocycles. The fourth-order valence-corrected chi connectivity index (χ4v) is 5.46. The van der Waals surface area contributed by atoms with E-state index in [0.29, 0.717) is 18.4 Å². The van der Waals surface area contributed by atoms with Gasteiger partial charge in [-0.05, 0) is 44.8 Å². The molecule has 2 aliphatic rings. The minimum absolute atomic E-state index is 0.0455. The lowest BCUT2D eigenvalue weighted by Crippen LogP contribution is -2.46. The van der Waals surface area contributed by atoms with Crippen molar-refractivity contribution in [2.75, 3.05) is 38.2 Å². The highest BCUT2D eigenvalue weighted by molar-refractivity contribution is 7.91. The molecule has 0 saturated carbocycles. The summed E-state index contributed by atoms with van der Waals surface area (Å²) in [7, 11) is -1.16. The number of hydrogen-bond donors (Lipinski definition) is 2. The maximum atomic E-state index is 11.7. The van der Waals surface area contributed by atoms with Crippen LogP contribution in [0.3, 0.4) is 0 Å². The number of nitrogens with one attached hydrogen (secondary N) is 2. The molecule has 1 aromatic carbocycles. The molecule has 0 bridgehead atoms. The average Bonchev–Trinajstić information content (AvgIpc) is 3.25. The second kappa shape index (κ2) is 8.39. The zero-order valence-corrected chi connectivity index (χ0v) is 16.6. The van der Waals surface area contributed by atoms with Crippen LogP contribution in [0.5, 0.6) is 0 Å². The molecular weight excluding hydrogens is 348 g/mol. The molecule has 2 unspecified atom stereocenters. The van der Waals surface area contributed by atoms with Crippen LogP contribution in [0.25, 0.3) is 0 Å². The van der Waals surface area contributed by atoms with E-state index in [1.54, 1.807) is 7.05 Å². The van der Waals surface area contributed by atoms with Crippen LogP contribution in [-0.2, 0) is 9.84 Å². The molecule has 0 aliphatic carbocycles. The number of guanidine groups is 1. The maximum absolute atomic E-state index is 11.7. The van der Waals surface area contributed by atoms with Crippen LogP contribution in [0, 0.1) is 6.92 Å². The van der Waals surface area contributed by atoms with Crippen LogP contribution in [0.4, 0.5) is 0 Å². The first-order chi connectivity index (χ1) is 12.5. The Kier molecular flexibility index (Phi) is 6.19. The van der Waals surface area contributed by atoms with Gasteiger partial charge < -0.3 is 10.6 Å². The van der Waals surface area contributed by atoms with Gasteiger partial charge in [0.1, 0.15) is 0 Å². The summed E-state index contributed by atoms with van der Waals surface area (Å²) in [6.45, 7) is 5.09. The number of likely N-dealkylation sites (tertiary alicyclic amines) is 1. The predicted octanol–water partition coefficient (Wildman–Crippen LogP) is 1.48.